The number of hydrogen-bond acceptors (Lipinski definition) is 4. The van der Waals surface area contributed by atoms with Crippen LogP contribution in [0.25, 0.3) is 0 Å². The van der Waals surface area contributed by atoms with E-state index in [1.54, 1.807) is 0 Å². The van der Waals surface area contributed by atoms with Crippen molar-refractivity contribution in [2.24, 2.45) is 5.92 Å². The molecule has 0 bridgehead atoms. The van der Waals surface area contributed by atoms with Crippen molar-refractivity contribution in [3.05, 3.63) is 0 Å². The van der Waals surface area contributed by atoms with E-state index < -0.39 is 6.10 Å². The molecule has 5 heteroatoms. The molecule has 1 aliphatic rings. The second-order valence-corrected chi connectivity index (χ2v) is 4.31. The molecule has 0 aromatic heterocycles. The van der Waals surface area contributed by atoms with Crippen LogP contribution in [0.4, 0.5) is 0 Å². The van der Waals surface area contributed by atoms with E-state index in [1.807, 2.05) is 13.8 Å². The summed E-state index contributed by atoms with van der Waals surface area (Å²) in [6, 6.07) is -0.0111. The molecule has 1 heterocycles. The van der Waals surface area contributed by atoms with E-state index in [1.165, 1.54) is 0 Å². The number of amides is 1. The molecular formula is C11H21NO4. The molecule has 0 radical (unpaired) electrons. The molecule has 5 nitrogen and oxygen atoms in total. The Morgan fingerprint density at radius 3 is 2.75 bits per heavy atom. The van der Waals surface area contributed by atoms with Gasteiger partial charge in [0, 0.05) is 12.6 Å². The van der Waals surface area contributed by atoms with Crippen LogP contribution in [-0.2, 0) is 14.3 Å². The highest BCUT2D eigenvalue weighted by atomic mass is 16.6. The van der Waals surface area contributed by atoms with E-state index in [-0.39, 0.29) is 18.6 Å². The molecule has 94 valence electrons. The largest absolute Gasteiger partial charge is 0.396 e. The van der Waals surface area contributed by atoms with Gasteiger partial charge in [-0.3, -0.25) is 4.79 Å². The van der Waals surface area contributed by atoms with Crippen LogP contribution in [0.3, 0.4) is 0 Å². The molecule has 2 unspecified atom stereocenters. The highest BCUT2D eigenvalue weighted by molar-refractivity contribution is 5.81. The summed E-state index contributed by atoms with van der Waals surface area (Å²) in [6.45, 7) is 5.43. The first kappa shape index (κ1) is 13.4. The Kier molecular flexibility index (Phi) is 5.73. The van der Waals surface area contributed by atoms with E-state index in [9.17, 15) is 4.79 Å². The van der Waals surface area contributed by atoms with Crippen LogP contribution in [-0.4, -0.2) is 49.6 Å². The second kappa shape index (κ2) is 6.83. The second-order valence-electron chi connectivity index (χ2n) is 4.31. The minimum atomic E-state index is -0.506. The monoisotopic (exact) mass is 231 g/mol. The Hall–Kier alpha value is -0.650. The van der Waals surface area contributed by atoms with E-state index >= 15 is 0 Å². The van der Waals surface area contributed by atoms with Crippen molar-refractivity contribution in [2.45, 2.75) is 32.4 Å². The number of ether oxygens (including phenoxy) is 2. The minimum absolute atomic E-state index is 0.0111. The first-order valence-corrected chi connectivity index (χ1v) is 5.75. The van der Waals surface area contributed by atoms with Crippen LogP contribution in [0.15, 0.2) is 0 Å². The maximum absolute atomic E-state index is 11.8. The minimum Gasteiger partial charge on any atom is -0.396 e. The first-order valence-electron chi connectivity index (χ1n) is 5.75. The Balaban J connectivity index is 2.40. The fourth-order valence-electron chi connectivity index (χ4n) is 1.63. The van der Waals surface area contributed by atoms with Gasteiger partial charge in [-0.2, -0.15) is 0 Å². The van der Waals surface area contributed by atoms with Gasteiger partial charge in [0.05, 0.1) is 19.8 Å². The number of carbonyl (C=O) groups excluding carboxylic acids is 1. The van der Waals surface area contributed by atoms with Gasteiger partial charge >= 0.3 is 0 Å². The highest BCUT2D eigenvalue weighted by Gasteiger charge is 2.25. The molecule has 0 aromatic rings. The van der Waals surface area contributed by atoms with Crippen molar-refractivity contribution < 1.29 is 19.4 Å². The molecule has 0 aliphatic carbocycles. The van der Waals surface area contributed by atoms with Crippen LogP contribution in [0.1, 0.15) is 20.3 Å². The lowest BCUT2D eigenvalue weighted by Gasteiger charge is -2.27. The van der Waals surface area contributed by atoms with Gasteiger partial charge in [0.15, 0.2) is 6.10 Å². The standard InChI is InChI=1S/C11H21NO4/c1-8(2)9(3-4-13)12-11(14)10-7-15-5-6-16-10/h8-10,13H,3-7H2,1-2H3,(H,12,14). The Labute approximate surface area is 96.1 Å². The molecule has 16 heavy (non-hydrogen) atoms. The predicted molar refractivity (Wildman–Crippen MR) is 59.0 cm³/mol. The van der Waals surface area contributed by atoms with Gasteiger partial charge in [-0.1, -0.05) is 13.8 Å². The number of aliphatic hydroxyl groups is 1. The smallest absolute Gasteiger partial charge is 0.251 e. The predicted octanol–water partition coefficient (Wildman–Crippen LogP) is -0.0750. The zero-order valence-electron chi connectivity index (χ0n) is 9.94. The summed E-state index contributed by atoms with van der Waals surface area (Å²) in [5, 5.41) is 11.8. The fourth-order valence-corrected chi connectivity index (χ4v) is 1.63. The van der Waals surface area contributed by atoms with Crippen LogP contribution < -0.4 is 5.32 Å². The van der Waals surface area contributed by atoms with Gasteiger partial charge in [0.25, 0.3) is 5.91 Å². The Morgan fingerprint density at radius 2 is 2.25 bits per heavy atom. The molecule has 2 atom stereocenters. The maximum atomic E-state index is 11.8. The number of aliphatic hydroxyl groups excluding tert-OH is 1. The normalized spacial score (nSPS) is 23.1. The zero-order valence-corrected chi connectivity index (χ0v) is 9.94. The third-order valence-corrected chi connectivity index (χ3v) is 2.68. The molecular weight excluding hydrogens is 210 g/mol. The molecule has 2 N–H and O–H groups in total. The Bertz CT molecular complexity index is 214. The van der Waals surface area contributed by atoms with E-state index in [4.69, 9.17) is 14.6 Å². The summed E-state index contributed by atoms with van der Waals surface area (Å²) < 4.78 is 10.5. The number of carbonyl (C=O) groups is 1. The molecule has 0 aromatic carbocycles. The molecule has 0 spiro atoms. The van der Waals surface area contributed by atoms with Gasteiger partial charge in [0.1, 0.15) is 0 Å². The van der Waals surface area contributed by atoms with Gasteiger partial charge in [-0.25, -0.2) is 0 Å². The average Bonchev–Trinajstić information content (AvgIpc) is 2.29. The van der Waals surface area contributed by atoms with Crippen molar-refractivity contribution in [3.63, 3.8) is 0 Å². The lowest BCUT2D eigenvalue weighted by Crippen LogP contribution is -2.48. The fraction of sp³-hybridized carbons (Fsp3) is 0.909. The number of hydrogen-bond donors (Lipinski definition) is 2. The maximum Gasteiger partial charge on any atom is 0.251 e. The van der Waals surface area contributed by atoms with Gasteiger partial charge in [-0.15, -0.1) is 0 Å². The van der Waals surface area contributed by atoms with Crippen LogP contribution in [0, 0.1) is 5.92 Å². The lowest BCUT2D eigenvalue weighted by molar-refractivity contribution is -0.148. The molecule has 1 fully saturated rings. The third-order valence-electron chi connectivity index (χ3n) is 2.68. The summed E-state index contributed by atoms with van der Waals surface area (Å²) in [6.07, 6.45) is 0.0606. The summed E-state index contributed by atoms with van der Waals surface area (Å²) in [7, 11) is 0. The van der Waals surface area contributed by atoms with Crippen molar-refractivity contribution in [1.29, 1.82) is 0 Å². The molecule has 1 aliphatic heterocycles. The van der Waals surface area contributed by atoms with Gasteiger partial charge in [-0.05, 0) is 12.3 Å². The van der Waals surface area contributed by atoms with E-state index in [2.05, 4.69) is 5.32 Å². The highest BCUT2D eigenvalue weighted by Crippen LogP contribution is 2.08. The average molecular weight is 231 g/mol. The summed E-state index contributed by atoms with van der Waals surface area (Å²) in [5.41, 5.74) is 0. The summed E-state index contributed by atoms with van der Waals surface area (Å²) >= 11 is 0. The van der Waals surface area contributed by atoms with Crippen molar-refractivity contribution >= 4 is 5.91 Å². The zero-order chi connectivity index (χ0) is 12.0. The molecule has 1 saturated heterocycles. The summed E-state index contributed by atoms with van der Waals surface area (Å²) in [5.74, 6) is 0.146. The van der Waals surface area contributed by atoms with Crippen LogP contribution in [0.5, 0.6) is 0 Å². The van der Waals surface area contributed by atoms with Crippen LogP contribution >= 0.6 is 0 Å². The van der Waals surface area contributed by atoms with Gasteiger partial charge < -0.3 is 19.9 Å². The lowest BCUT2D eigenvalue weighted by atomic mass is 10.0. The van der Waals surface area contributed by atoms with Crippen molar-refractivity contribution in [2.75, 3.05) is 26.4 Å². The topological polar surface area (TPSA) is 67.8 Å². The SMILES string of the molecule is CC(C)C(CCO)NC(=O)C1COCCO1. The van der Waals surface area contributed by atoms with Crippen molar-refractivity contribution in [1.82, 2.24) is 5.32 Å². The van der Waals surface area contributed by atoms with Crippen molar-refractivity contribution in [3.8, 4) is 0 Å². The molecule has 0 saturated carbocycles. The summed E-state index contributed by atoms with van der Waals surface area (Å²) in [4.78, 5) is 11.8. The van der Waals surface area contributed by atoms with Gasteiger partial charge in [0.2, 0.25) is 0 Å². The third kappa shape index (κ3) is 4.08. The van der Waals surface area contributed by atoms with Crippen LogP contribution in [0.2, 0.25) is 0 Å². The number of rotatable bonds is 5. The Morgan fingerprint density at radius 1 is 1.50 bits per heavy atom. The number of nitrogens with one attached hydrogen (secondary N) is 1. The molecule has 1 amide bonds. The molecule has 1 rings (SSSR count). The van der Waals surface area contributed by atoms with E-state index in [0.717, 1.165) is 0 Å². The first-order chi connectivity index (χ1) is 7.65. The quantitative estimate of drug-likeness (QED) is 0.695. The van der Waals surface area contributed by atoms with E-state index in [0.29, 0.717) is 32.2 Å².